The predicted octanol–water partition coefficient (Wildman–Crippen LogP) is 6.63. The molecule has 0 unspecified atom stereocenters. The van der Waals surface area contributed by atoms with Crippen molar-refractivity contribution in [3.05, 3.63) is 61.4 Å². The SMILES string of the molecule is CC[C@@H](C)N1C(=O)/C(=C\c2cc(Br)cc(Br)c2O)SC1=Nc1ccc(C)cc1. The fourth-order valence-electron chi connectivity index (χ4n) is 2.70. The molecular weight excluding hydrogens is 504 g/mol. The maximum atomic E-state index is 13.1. The van der Waals surface area contributed by atoms with Gasteiger partial charge in [-0.25, -0.2) is 4.99 Å². The molecule has 0 aliphatic carbocycles. The van der Waals surface area contributed by atoms with Gasteiger partial charge in [0.15, 0.2) is 5.17 Å². The molecule has 0 aromatic heterocycles. The summed E-state index contributed by atoms with van der Waals surface area (Å²) in [5.74, 6) is 0.00354. The first-order valence-corrected chi connectivity index (χ1v) is 11.3. The van der Waals surface area contributed by atoms with E-state index < -0.39 is 0 Å². The Morgan fingerprint density at radius 2 is 1.93 bits per heavy atom. The average molecular weight is 524 g/mol. The maximum Gasteiger partial charge on any atom is 0.267 e. The lowest BCUT2D eigenvalue weighted by Gasteiger charge is -2.22. The molecule has 28 heavy (non-hydrogen) atoms. The van der Waals surface area contributed by atoms with E-state index >= 15 is 0 Å². The molecule has 1 saturated heterocycles. The van der Waals surface area contributed by atoms with Crippen LogP contribution in [0.2, 0.25) is 0 Å². The minimum absolute atomic E-state index is 0.0259. The van der Waals surface area contributed by atoms with E-state index in [-0.39, 0.29) is 17.7 Å². The zero-order valence-corrected chi connectivity index (χ0v) is 19.7. The second kappa shape index (κ2) is 8.84. The Labute approximate surface area is 186 Å². The van der Waals surface area contributed by atoms with Crippen molar-refractivity contribution >= 4 is 66.5 Å². The summed E-state index contributed by atoms with van der Waals surface area (Å²) in [5.41, 5.74) is 2.54. The Bertz CT molecular complexity index is 971. The molecule has 1 N–H and O–H groups in total. The molecule has 7 heteroatoms. The summed E-state index contributed by atoms with van der Waals surface area (Å²) in [6.45, 7) is 6.09. The zero-order chi connectivity index (χ0) is 20.4. The van der Waals surface area contributed by atoms with Crippen molar-refractivity contribution in [1.29, 1.82) is 0 Å². The van der Waals surface area contributed by atoms with Gasteiger partial charge in [-0.05, 0) is 78.3 Å². The van der Waals surface area contributed by atoms with Crippen LogP contribution in [0.25, 0.3) is 6.08 Å². The largest absolute Gasteiger partial charge is 0.506 e. The highest BCUT2D eigenvalue weighted by atomic mass is 79.9. The highest BCUT2D eigenvalue weighted by Gasteiger charge is 2.36. The topological polar surface area (TPSA) is 52.9 Å². The fraction of sp³-hybridized carbons (Fsp3) is 0.238. The Hall–Kier alpha value is -1.57. The number of halogens is 2. The molecule has 0 saturated carbocycles. The molecule has 0 spiro atoms. The smallest absolute Gasteiger partial charge is 0.267 e. The number of phenolic OH excluding ortho intramolecular Hbond substituents is 1. The Balaban J connectivity index is 2.03. The number of thioether (sulfide) groups is 1. The number of carbonyl (C=O) groups is 1. The van der Waals surface area contributed by atoms with Crippen molar-refractivity contribution in [1.82, 2.24) is 4.90 Å². The quantitative estimate of drug-likeness (QED) is 0.457. The molecule has 2 aromatic carbocycles. The third-order valence-electron chi connectivity index (χ3n) is 4.47. The minimum atomic E-state index is -0.0966. The van der Waals surface area contributed by atoms with E-state index in [0.717, 1.165) is 22.1 Å². The summed E-state index contributed by atoms with van der Waals surface area (Å²) < 4.78 is 1.38. The first kappa shape index (κ1) is 21.1. The predicted molar refractivity (Wildman–Crippen MR) is 124 cm³/mol. The fourth-order valence-corrected chi connectivity index (χ4v) is 5.04. The number of benzene rings is 2. The number of nitrogens with zero attached hydrogens (tertiary/aromatic N) is 2. The number of amidine groups is 1. The number of aromatic hydroxyl groups is 1. The molecule has 4 nitrogen and oxygen atoms in total. The first-order valence-electron chi connectivity index (χ1n) is 8.86. The van der Waals surface area contributed by atoms with Crippen molar-refractivity contribution < 1.29 is 9.90 Å². The van der Waals surface area contributed by atoms with Gasteiger partial charge in [-0.2, -0.15) is 0 Å². The van der Waals surface area contributed by atoms with Gasteiger partial charge >= 0.3 is 0 Å². The van der Waals surface area contributed by atoms with E-state index in [9.17, 15) is 9.90 Å². The highest BCUT2D eigenvalue weighted by molar-refractivity contribution is 9.11. The van der Waals surface area contributed by atoms with Gasteiger partial charge in [-0.3, -0.25) is 9.69 Å². The van der Waals surface area contributed by atoms with Crippen LogP contribution in [-0.4, -0.2) is 27.1 Å². The van der Waals surface area contributed by atoms with Gasteiger partial charge in [0, 0.05) is 16.1 Å². The summed E-state index contributed by atoms with van der Waals surface area (Å²) in [7, 11) is 0. The van der Waals surface area contributed by atoms with Crippen LogP contribution in [0.3, 0.4) is 0 Å². The Kier molecular flexibility index (Phi) is 6.68. The highest BCUT2D eigenvalue weighted by Crippen LogP contribution is 2.39. The minimum Gasteiger partial charge on any atom is -0.506 e. The molecular formula is C21H20Br2N2O2S. The van der Waals surface area contributed by atoms with Gasteiger partial charge in [0.2, 0.25) is 0 Å². The van der Waals surface area contributed by atoms with Gasteiger partial charge in [-0.15, -0.1) is 0 Å². The molecule has 1 aliphatic heterocycles. The van der Waals surface area contributed by atoms with Gasteiger partial charge in [0.25, 0.3) is 5.91 Å². The lowest BCUT2D eigenvalue weighted by molar-refractivity contribution is -0.123. The summed E-state index contributed by atoms with van der Waals surface area (Å²) in [6.07, 6.45) is 2.53. The van der Waals surface area contributed by atoms with Crippen LogP contribution in [0, 0.1) is 6.92 Å². The second-order valence-corrected chi connectivity index (χ2v) is 9.38. The molecule has 1 aliphatic rings. The molecule has 0 bridgehead atoms. The van der Waals surface area contributed by atoms with Gasteiger partial charge in [0.1, 0.15) is 5.75 Å². The molecule has 1 amide bonds. The van der Waals surface area contributed by atoms with E-state index in [1.165, 1.54) is 11.8 Å². The zero-order valence-electron chi connectivity index (χ0n) is 15.7. The molecule has 1 heterocycles. The number of aliphatic imine (C=N–C) groups is 1. The van der Waals surface area contributed by atoms with Crippen LogP contribution in [-0.2, 0) is 4.79 Å². The van der Waals surface area contributed by atoms with Crippen LogP contribution < -0.4 is 0 Å². The van der Waals surface area contributed by atoms with Crippen molar-refractivity contribution in [3.8, 4) is 5.75 Å². The molecule has 146 valence electrons. The monoisotopic (exact) mass is 522 g/mol. The standard InChI is InChI=1S/C21H20Br2N2O2S/c1-4-13(3)25-20(27)18(10-14-9-15(22)11-17(23)19(14)26)28-21(25)24-16-7-5-12(2)6-8-16/h5-11,13,26H,4H2,1-3H3/b18-10+,24-21?/t13-/m1/s1. The molecule has 1 fully saturated rings. The third-order valence-corrected chi connectivity index (χ3v) is 6.52. The van der Waals surface area contributed by atoms with E-state index in [1.807, 2.05) is 45.0 Å². The van der Waals surface area contributed by atoms with Gasteiger partial charge < -0.3 is 5.11 Å². The Morgan fingerprint density at radius 3 is 2.57 bits per heavy atom. The number of amides is 1. The molecule has 3 rings (SSSR count). The number of rotatable bonds is 4. The lowest BCUT2D eigenvalue weighted by Crippen LogP contribution is -2.36. The van der Waals surface area contributed by atoms with E-state index in [0.29, 0.717) is 20.1 Å². The van der Waals surface area contributed by atoms with E-state index in [1.54, 1.807) is 23.1 Å². The number of hydrogen-bond acceptors (Lipinski definition) is 4. The van der Waals surface area contributed by atoms with Crippen molar-refractivity contribution in [2.45, 2.75) is 33.2 Å². The third kappa shape index (κ3) is 4.53. The van der Waals surface area contributed by atoms with Gasteiger partial charge in [-0.1, -0.05) is 40.5 Å². The van der Waals surface area contributed by atoms with Crippen LogP contribution >= 0.6 is 43.6 Å². The van der Waals surface area contributed by atoms with E-state index in [4.69, 9.17) is 4.99 Å². The second-order valence-electron chi connectivity index (χ2n) is 6.60. The summed E-state index contributed by atoms with van der Waals surface area (Å²) in [5, 5.41) is 11.0. The summed E-state index contributed by atoms with van der Waals surface area (Å²) >= 11 is 8.09. The van der Waals surface area contributed by atoms with Crippen molar-refractivity contribution in [3.63, 3.8) is 0 Å². The average Bonchev–Trinajstić information content (AvgIpc) is 2.95. The maximum absolute atomic E-state index is 13.1. The number of phenols is 1. The van der Waals surface area contributed by atoms with Crippen molar-refractivity contribution in [2.24, 2.45) is 4.99 Å². The molecule has 0 radical (unpaired) electrons. The van der Waals surface area contributed by atoms with Crippen LogP contribution in [0.1, 0.15) is 31.4 Å². The first-order chi connectivity index (χ1) is 13.3. The number of carbonyl (C=O) groups excluding carboxylic acids is 1. The van der Waals surface area contributed by atoms with E-state index in [2.05, 4.69) is 31.9 Å². The number of aryl methyl sites for hydroxylation is 1. The van der Waals surface area contributed by atoms with Crippen LogP contribution in [0.4, 0.5) is 5.69 Å². The summed E-state index contributed by atoms with van der Waals surface area (Å²) in [4.78, 5) is 20.1. The summed E-state index contributed by atoms with van der Waals surface area (Å²) in [6, 6.07) is 11.5. The molecule has 2 aromatic rings. The Morgan fingerprint density at radius 1 is 1.25 bits per heavy atom. The number of hydrogen-bond donors (Lipinski definition) is 1. The normalized spacial score (nSPS) is 18.3. The van der Waals surface area contributed by atoms with Crippen molar-refractivity contribution in [2.75, 3.05) is 0 Å². The van der Waals surface area contributed by atoms with Crippen LogP contribution in [0.5, 0.6) is 5.75 Å². The van der Waals surface area contributed by atoms with Crippen LogP contribution in [0.15, 0.2) is 55.2 Å². The van der Waals surface area contributed by atoms with Gasteiger partial charge in [0.05, 0.1) is 15.1 Å². The lowest BCUT2D eigenvalue weighted by atomic mass is 10.1. The molecule has 1 atom stereocenters.